The number of nitrogens with zero attached hydrogens (tertiary/aromatic N) is 1. The number of ether oxygens (including phenoxy) is 1. The van der Waals surface area contributed by atoms with Crippen LogP contribution in [0.1, 0.15) is 44.1 Å². The minimum atomic E-state index is -0.0923. The van der Waals surface area contributed by atoms with Gasteiger partial charge in [0.1, 0.15) is 0 Å². The molecule has 3 heteroatoms. The van der Waals surface area contributed by atoms with Gasteiger partial charge in [-0.1, -0.05) is 18.2 Å². The molecule has 2 aliphatic heterocycles. The summed E-state index contributed by atoms with van der Waals surface area (Å²) in [5, 5.41) is 0. The minimum Gasteiger partial charge on any atom is -0.469 e. The molecule has 3 rings (SSSR count). The lowest BCUT2D eigenvalue weighted by atomic mass is 9.80. The molecule has 0 amide bonds. The molecule has 2 heterocycles. The molecule has 2 aliphatic rings. The summed E-state index contributed by atoms with van der Waals surface area (Å²) in [5.74, 6) is -0.182. The Morgan fingerprint density at radius 1 is 1.32 bits per heavy atom. The van der Waals surface area contributed by atoms with Crippen LogP contribution >= 0.6 is 0 Å². The van der Waals surface area contributed by atoms with Crippen molar-refractivity contribution in [1.29, 1.82) is 0 Å². The third kappa shape index (κ3) is 2.01. The molecule has 1 saturated heterocycles. The third-order valence-corrected chi connectivity index (χ3v) is 4.61. The molecule has 0 saturated carbocycles. The number of anilines is 1. The number of hydrogen-bond donors (Lipinski definition) is 0. The Morgan fingerprint density at radius 3 is 2.89 bits per heavy atom. The van der Waals surface area contributed by atoms with Gasteiger partial charge in [0, 0.05) is 17.8 Å². The number of benzene rings is 1. The first kappa shape index (κ1) is 12.5. The zero-order valence-electron chi connectivity index (χ0n) is 11.6. The largest absolute Gasteiger partial charge is 0.469 e. The van der Waals surface area contributed by atoms with Crippen molar-refractivity contribution in [1.82, 2.24) is 0 Å². The van der Waals surface area contributed by atoms with E-state index < -0.39 is 0 Å². The summed E-state index contributed by atoms with van der Waals surface area (Å²) >= 11 is 0. The van der Waals surface area contributed by atoms with E-state index in [2.05, 4.69) is 30.0 Å². The number of carbonyl (C=O) groups is 1. The maximum Gasteiger partial charge on any atom is 0.313 e. The highest BCUT2D eigenvalue weighted by Gasteiger charge is 2.39. The van der Waals surface area contributed by atoms with E-state index in [0.29, 0.717) is 12.1 Å². The quantitative estimate of drug-likeness (QED) is 0.726. The number of piperidine rings is 1. The smallest absolute Gasteiger partial charge is 0.313 e. The van der Waals surface area contributed by atoms with Gasteiger partial charge in [0.15, 0.2) is 0 Å². The second kappa shape index (κ2) is 4.87. The maximum atomic E-state index is 12.0. The molecule has 19 heavy (non-hydrogen) atoms. The van der Waals surface area contributed by atoms with E-state index in [-0.39, 0.29) is 11.9 Å². The summed E-state index contributed by atoms with van der Waals surface area (Å²) in [4.78, 5) is 14.6. The fourth-order valence-electron chi connectivity index (χ4n) is 3.73. The molecule has 0 N–H and O–H groups in total. The summed E-state index contributed by atoms with van der Waals surface area (Å²) in [7, 11) is 1.49. The standard InChI is InChI=1S/C16H21NO2/c1-11-6-5-7-12-10-14(16(18)19-2)13-8-3-4-9-15(13)17(11)12/h3-4,8-9,11-12,14H,5-7,10H2,1-2H3/t11-,12-,14+/m0/s1. The lowest BCUT2D eigenvalue weighted by molar-refractivity contribution is -0.142. The van der Waals surface area contributed by atoms with Crippen molar-refractivity contribution in [3.05, 3.63) is 29.8 Å². The normalized spacial score (nSPS) is 29.4. The van der Waals surface area contributed by atoms with E-state index in [1.165, 1.54) is 32.1 Å². The molecule has 1 aromatic rings. The van der Waals surface area contributed by atoms with Crippen LogP contribution in [-0.4, -0.2) is 25.2 Å². The number of methoxy groups -OCH3 is 1. The monoisotopic (exact) mass is 259 g/mol. The van der Waals surface area contributed by atoms with Crippen molar-refractivity contribution in [2.45, 2.75) is 50.6 Å². The topological polar surface area (TPSA) is 29.5 Å². The fraction of sp³-hybridized carbons (Fsp3) is 0.562. The molecular formula is C16H21NO2. The van der Waals surface area contributed by atoms with Gasteiger partial charge in [-0.3, -0.25) is 4.79 Å². The SMILES string of the molecule is COC(=O)[C@@H]1C[C@@H]2CCC[C@H](C)N2c2ccccc21. The van der Waals surface area contributed by atoms with Gasteiger partial charge in [0.2, 0.25) is 0 Å². The van der Waals surface area contributed by atoms with Crippen LogP contribution in [0.25, 0.3) is 0 Å². The maximum absolute atomic E-state index is 12.0. The van der Waals surface area contributed by atoms with Crippen LogP contribution < -0.4 is 4.90 Å². The molecule has 0 radical (unpaired) electrons. The van der Waals surface area contributed by atoms with E-state index in [4.69, 9.17) is 4.74 Å². The Morgan fingerprint density at radius 2 is 2.11 bits per heavy atom. The molecule has 3 atom stereocenters. The highest BCUT2D eigenvalue weighted by molar-refractivity contribution is 5.82. The van der Waals surface area contributed by atoms with Gasteiger partial charge >= 0.3 is 5.97 Å². The number of para-hydroxylation sites is 1. The first-order valence-electron chi connectivity index (χ1n) is 7.17. The van der Waals surface area contributed by atoms with E-state index in [1.807, 2.05) is 6.07 Å². The van der Waals surface area contributed by atoms with Crippen LogP contribution in [0.2, 0.25) is 0 Å². The number of carbonyl (C=O) groups excluding carboxylic acids is 1. The van der Waals surface area contributed by atoms with Crippen molar-refractivity contribution >= 4 is 11.7 Å². The van der Waals surface area contributed by atoms with Gasteiger partial charge in [-0.25, -0.2) is 0 Å². The fourth-order valence-corrected chi connectivity index (χ4v) is 3.73. The van der Waals surface area contributed by atoms with E-state index in [9.17, 15) is 4.79 Å². The average Bonchev–Trinajstić information content (AvgIpc) is 2.45. The second-order valence-corrected chi connectivity index (χ2v) is 5.71. The second-order valence-electron chi connectivity index (χ2n) is 5.71. The Labute approximate surface area is 114 Å². The Kier molecular flexibility index (Phi) is 3.21. The van der Waals surface area contributed by atoms with Crippen molar-refractivity contribution in [3.8, 4) is 0 Å². The predicted octanol–water partition coefficient (Wildman–Crippen LogP) is 3.09. The zero-order valence-corrected chi connectivity index (χ0v) is 11.6. The Balaban J connectivity index is 2.05. The van der Waals surface area contributed by atoms with Crippen LogP contribution in [0.5, 0.6) is 0 Å². The number of hydrogen-bond acceptors (Lipinski definition) is 3. The first-order chi connectivity index (χ1) is 9.22. The summed E-state index contributed by atoms with van der Waals surface area (Å²) in [6.07, 6.45) is 4.59. The van der Waals surface area contributed by atoms with Crippen LogP contribution in [0.4, 0.5) is 5.69 Å². The summed E-state index contributed by atoms with van der Waals surface area (Å²) in [6, 6.07) is 9.37. The molecular weight excluding hydrogens is 238 g/mol. The summed E-state index contributed by atoms with van der Waals surface area (Å²) < 4.78 is 5.00. The molecule has 0 aromatic heterocycles. The first-order valence-corrected chi connectivity index (χ1v) is 7.17. The average molecular weight is 259 g/mol. The highest BCUT2D eigenvalue weighted by atomic mass is 16.5. The molecule has 1 fully saturated rings. The molecule has 0 spiro atoms. The summed E-state index contributed by atoms with van der Waals surface area (Å²) in [5.41, 5.74) is 2.38. The van der Waals surface area contributed by atoms with Crippen molar-refractivity contribution in [3.63, 3.8) is 0 Å². The predicted molar refractivity (Wildman–Crippen MR) is 75.4 cm³/mol. The number of esters is 1. The van der Waals surface area contributed by atoms with Gasteiger partial charge < -0.3 is 9.64 Å². The Bertz CT molecular complexity index is 485. The van der Waals surface area contributed by atoms with Gasteiger partial charge in [0.25, 0.3) is 0 Å². The van der Waals surface area contributed by atoms with E-state index in [1.54, 1.807) is 0 Å². The van der Waals surface area contributed by atoms with Crippen LogP contribution in [0.15, 0.2) is 24.3 Å². The van der Waals surface area contributed by atoms with Gasteiger partial charge in [-0.15, -0.1) is 0 Å². The van der Waals surface area contributed by atoms with Crippen LogP contribution in [0.3, 0.4) is 0 Å². The highest BCUT2D eigenvalue weighted by Crippen LogP contribution is 2.43. The van der Waals surface area contributed by atoms with Crippen molar-refractivity contribution in [2.75, 3.05) is 12.0 Å². The molecule has 0 bridgehead atoms. The van der Waals surface area contributed by atoms with Crippen molar-refractivity contribution in [2.24, 2.45) is 0 Å². The van der Waals surface area contributed by atoms with Crippen LogP contribution in [-0.2, 0) is 9.53 Å². The van der Waals surface area contributed by atoms with Gasteiger partial charge in [-0.05, 0) is 44.2 Å². The molecule has 1 aromatic carbocycles. The van der Waals surface area contributed by atoms with Crippen molar-refractivity contribution < 1.29 is 9.53 Å². The molecule has 102 valence electrons. The summed E-state index contributed by atoms with van der Waals surface area (Å²) in [6.45, 7) is 2.29. The van der Waals surface area contributed by atoms with Crippen LogP contribution in [0, 0.1) is 0 Å². The zero-order chi connectivity index (χ0) is 13.4. The van der Waals surface area contributed by atoms with Gasteiger partial charge in [0.05, 0.1) is 13.0 Å². The molecule has 0 unspecified atom stereocenters. The van der Waals surface area contributed by atoms with Gasteiger partial charge in [-0.2, -0.15) is 0 Å². The lowest BCUT2D eigenvalue weighted by Crippen LogP contribution is -2.49. The van der Waals surface area contributed by atoms with E-state index >= 15 is 0 Å². The minimum absolute atomic E-state index is 0.0900. The molecule has 0 aliphatic carbocycles. The third-order valence-electron chi connectivity index (χ3n) is 4.61. The number of rotatable bonds is 1. The number of fused-ring (bicyclic) bond motifs is 3. The lowest BCUT2D eigenvalue weighted by Gasteiger charge is -2.48. The Hall–Kier alpha value is -1.51. The van der Waals surface area contributed by atoms with E-state index in [0.717, 1.165) is 12.0 Å². The molecule has 3 nitrogen and oxygen atoms in total.